The van der Waals surface area contributed by atoms with Crippen LogP contribution in [0, 0.1) is 0 Å². The number of carbonyl (C=O) groups excluding carboxylic acids is 1. The Bertz CT molecular complexity index is 1160. The zero-order valence-electron chi connectivity index (χ0n) is 20.5. The predicted octanol–water partition coefficient (Wildman–Crippen LogP) is 6.64. The highest BCUT2D eigenvalue weighted by molar-refractivity contribution is 7.99. The standard InChI is InChI=1S/C27H32ClN5OS/c1-27(2,3)21-13-9-19(10-14-21)17-29-30-24(34)18-35-26-32-31-25(20-11-15-22(28)16-12-20)33(26)23-7-5-4-6-8-23/h9-17,23H,4-8,18H2,1-3H3,(H,30,34)/b29-17-. The number of carbonyl (C=O) groups is 1. The third-order valence-electron chi connectivity index (χ3n) is 6.22. The molecule has 35 heavy (non-hydrogen) atoms. The molecule has 0 radical (unpaired) electrons. The van der Waals surface area contributed by atoms with E-state index in [2.05, 4.69) is 58.2 Å². The van der Waals surface area contributed by atoms with Gasteiger partial charge in [0.1, 0.15) is 0 Å². The molecule has 4 rings (SSSR count). The van der Waals surface area contributed by atoms with Crippen molar-refractivity contribution in [3.63, 3.8) is 0 Å². The molecule has 184 valence electrons. The third-order valence-corrected chi connectivity index (χ3v) is 7.41. The summed E-state index contributed by atoms with van der Waals surface area (Å²) in [6.07, 6.45) is 7.50. The van der Waals surface area contributed by atoms with E-state index in [1.165, 1.54) is 36.6 Å². The average Bonchev–Trinajstić information content (AvgIpc) is 3.27. The van der Waals surface area contributed by atoms with Crippen molar-refractivity contribution in [3.8, 4) is 11.4 Å². The van der Waals surface area contributed by atoms with E-state index in [1.54, 1.807) is 6.21 Å². The molecule has 1 aliphatic rings. The lowest BCUT2D eigenvalue weighted by molar-refractivity contribution is -0.118. The maximum Gasteiger partial charge on any atom is 0.250 e. The molecule has 1 heterocycles. The third kappa shape index (κ3) is 6.73. The molecular weight excluding hydrogens is 478 g/mol. The first-order valence-electron chi connectivity index (χ1n) is 12.1. The van der Waals surface area contributed by atoms with Crippen molar-refractivity contribution in [2.24, 2.45) is 5.10 Å². The Morgan fingerprint density at radius 2 is 1.77 bits per heavy atom. The van der Waals surface area contributed by atoms with E-state index in [-0.39, 0.29) is 17.1 Å². The minimum atomic E-state index is -0.177. The summed E-state index contributed by atoms with van der Waals surface area (Å²) in [5.74, 6) is 0.864. The number of hydrazone groups is 1. The molecule has 1 N–H and O–H groups in total. The highest BCUT2D eigenvalue weighted by atomic mass is 35.5. The summed E-state index contributed by atoms with van der Waals surface area (Å²) in [6.45, 7) is 6.55. The Kier molecular flexibility index (Phi) is 8.29. The summed E-state index contributed by atoms with van der Waals surface area (Å²) in [4.78, 5) is 12.5. The van der Waals surface area contributed by atoms with E-state index in [1.807, 2.05) is 36.4 Å². The number of nitrogens with zero attached hydrogens (tertiary/aromatic N) is 4. The SMILES string of the molecule is CC(C)(C)c1ccc(/C=N\NC(=O)CSc2nnc(-c3ccc(Cl)cc3)n2C2CCCCC2)cc1. The van der Waals surface area contributed by atoms with Crippen molar-refractivity contribution in [1.82, 2.24) is 20.2 Å². The maximum atomic E-state index is 12.5. The summed E-state index contributed by atoms with van der Waals surface area (Å²) >= 11 is 7.48. The fourth-order valence-electron chi connectivity index (χ4n) is 4.25. The van der Waals surface area contributed by atoms with Gasteiger partial charge in [0.2, 0.25) is 0 Å². The molecule has 0 saturated heterocycles. The zero-order chi connectivity index (χ0) is 24.8. The van der Waals surface area contributed by atoms with Crippen LogP contribution in [0.2, 0.25) is 5.02 Å². The molecule has 1 aromatic heterocycles. The Hall–Kier alpha value is -2.64. The molecule has 1 amide bonds. The van der Waals surface area contributed by atoms with Crippen LogP contribution in [-0.2, 0) is 10.2 Å². The minimum absolute atomic E-state index is 0.104. The van der Waals surface area contributed by atoms with E-state index < -0.39 is 0 Å². The van der Waals surface area contributed by atoms with E-state index in [9.17, 15) is 4.79 Å². The van der Waals surface area contributed by atoms with Crippen molar-refractivity contribution in [3.05, 3.63) is 64.7 Å². The lowest BCUT2D eigenvalue weighted by Crippen LogP contribution is -2.20. The first-order valence-corrected chi connectivity index (χ1v) is 13.4. The monoisotopic (exact) mass is 509 g/mol. The smallest absolute Gasteiger partial charge is 0.250 e. The fourth-order valence-corrected chi connectivity index (χ4v) is 5.17. The number of hydrogen-bond acceptors (Lipinski definition) is 5. The number of amides is 1. The van der Waals surface area contributed by atoms with Gasteiger partial charge >= 0.3 is 0 Å². The molecule has 6 nitrogen and oxygen atoms in total. The number of rotatable bonds is 7. The summed E-state index contributed by atoms with van der Waals surface area (Å²) in [5.41, 5.74) is 5.91. The molecule has 2 aromatic carbocycles. The highest BCUT2D eigenvalue weighted by Crippen LogP contribution is 2.35. The zero-order valence-corrected chi connectivity index (χ0v) is 22.1. The van der Waals surface area contributed by atoms with E-state index in [0.717, 1.165) is 34.9 Å². The van der Waals surface area contributed by atoms with Crippen molar-refractivity contribution in [2.45, 2.75) is 69.5 Å². The molecule has 0 aliphatic heterocycles. The first-order chi connectivity index (χ1) is 16.8. The maximum absolute atomic E-state index is 12.5. The van der Waals surface area contributed by atoms with Crippen molar-refractivity contribution >= 4 is 35.5 Å². The van der Waals surface area contributed by atoms with Gasteiger partial charge in [-0.3, -0.25) is 9.36 Å². The normalized spacial score (nSPS) is 15.0. The van der Waals surface area contributed by atoms with Crippen molar-refractivity contribution in [2.75, 3.05) is 5.75 Å². The van der Waals surface area contributed by atoms with Crippen LogP contribution in [-0.4, -0.2) is 32.6 Å². The van der Waals surface area contributed by atoms with E-state index >= 15 is 0 Å². The summed E-state index contributed by atoms with van der Waals surface area (Å²) in [7, 11) is 0. The second-order valence-electron chi connectivity index (χ2n) is 9.93. The Morgan fingerprint density at radius 3 is 2.43 bits per heavy atom. The number of hydrogen-bond donors (Lipinski definition) is 1. The van der Waals surface area contributed by atoms with Crippen LogP contribution in [0.1, 0.15) is 70.0 Å². The molecule has 0 spiro atoms. The Labute approximate surface area is 216 Å². The quantitative estimate of drug-likeness (QED) is 0.220. The number of benzene rings is 2. The molecule has 0 unspecified atom stereocenters. The molecule has 1 fully saturated rings. The van der Waals surface area contributed by atoms with Gasteiger partial charge in [-0.25, -0.2) is 5.43 Å². The number of halogens is 1. The molecule has 0 bridgehead atoms. The van der Waals surface area contributed by atoms with Crippen LogP contribution >= 0.6 is 23.4 Å². The summed E-state index contributed by atoms with van der Waals surface area (Å²) < 4.78 is 2.21. The molecule has 0 atom stereocenters. The van der Waals surface area contributed by atoms with Crippen LogP contribution in [0.5, 0.6) is 0 Å². The van der Waals surface area contributed by atoms with Crippen molar-refractivity contribution in [1.29, 1.82) is 0 Å². The Balaban J connectivity index is 1.41. The highest BCUT2D eigenvalue weighted by Gasteiger charge is 2.24. The van der Waals surface area contributed by atoms with Gasteiger partial charge in [0.15, 0.2) is 11.0 Å². The van der Waals surface area contributed by atoms with Gasteiger partial charge in [0, 0.05) is 16.6 Å². The van der Waals surface area contributed by atoms with Gasteiger partial charge < -0.3 is 0 Å². The molecule has 1 saturated carbocycles. The summed E-state index contributed by atoms with van der Waals surface area (Å²) in [5, 5.41) is 14.5. The van der Waals surface area contributed by atoms with E-state index in [4.69, 9.17) is 11.6 Å². The largest absolute Gasteiger partial charge is 0.299 e. The molecular formula is C27H32ClN5OS. The van der Waals surface area contributed by atoms with Gasteiger partial charge in [-0.05, 0) is 53.6 Å². The summed E-state index contributed by atoms with van der Waals surface area (Å²) in [6, 6.07) is 16.2. The Morgan fingerprint density at radius 1 is 1.09 bits per heavy atom. The topological polar surface area (TPSA) is 72.2 Å². The van der Waals surface area contributed by atoms with Gasteiger partial charge in [-0.15, -0.1) is 10.2 Å². The van der Waals surface area contributed by atoms with Gasteiger partial charge in [0.05, 0.1) is 12.0 Å². The average molecular weight is 510 g/mol. The minimum Gasteiger partial charge on any atom is -0.299 e. The predicted molar refractivity (Wildman–Crippen MR) is 144 cm³/mol. The van der Waals surface area contributed by atoms with E-state index in [0.29, 0.717) is 11.1 Å². The van der Waals surface area contributed by atoms with Crippen LogP contribution in [0.4, 0.5) is 0 Å². The second-order valence-corrected chi connectivity index (χ2v) is 11.3. The molecule has 1 aliphatic carbocycles. The lowest BCUT2D eigenvalue weighted by atomic mass is 9.87. The van der Waals surface area contributed by atoms with Gasteiger partial charge in [0.25, 0.3) is 5.91 Å². The first kappa shape index (κ1) is 25.5. The van der Waals surface area contributed by atoms with Crippen molar-refractivity contribution < 1.29 is 4.79 Å². The van der Waals surface area contributed by atoms with Gasteiger partial charge in [-0.1, -0.05) is 87.7 Å². The number of nitrogens with one attached hydrogen (secondary N) is 1. The fraction of sp³-hybridized carbons (Fsp3) is 0.407. The second kappa shape index (κ2) is 11.4. The van der Waals surface area contributed by atoms with Crippen LogP contribution < -0.4 is 5.43 Å². The number of aromatic nitrogens is 3. The lowest BCUT2D eigenvalue weighted by Gasteiger charge is -2.25. The van der Waals surface area contributed by atoms with Crippen LogP contribution in [0.3, 0.4) is 0 Å². The number of thioether (sulfide) groups is 1. The molecule has 8 heteroatoms. The van der Waals surface area contributed by atoms with Crippen LogP contribution in [0.15, 0.2) is 58.8 Å². The van der Waals surface area contributed by atoms with Gasteiger partial charge in [-0.2, -0.15) is 5.10 Å². The molecule has 3 aromatic rings. The van der Waals surface area contributed by atoms with Crippen LogP contribution in [0.25, 0.3) is 11.4 Å².